The Morgan fingerprint density at radius 3 is 2.48 bits per heavy atom. The summed E-state index contributed by atoms with van der Waals surface area (Å²) in [4.78, 5) is 11.8. The summed E-state index contributed by atoms with van der Waals surface area (Å²) in [5.74, 6) is -0.792. The van der Waals surface area contributed by atoms with Gasteiger partial charge in [0.1, 0.15) is 11.6 Å². The molecule has 0 heterocycles. The highest BCUT2D eigenvalue weighted by Gasteiger charge is 2.04. The zero-order valence-electron chi connectivity index (χ0n) is 12.2. The van der Waals surface area contributed by atoms with Crippen LogP contribution in [0.4, 0.5) is 18.9 Å². The van der Waals surface area contributed by atoms with Crippen molar-refractivity contribution >= 4 is 17.7 Å². The first-order valence-corrected chi connectivity index (χ1v) is 6.74. The molecule has 0 aliphatic rings. The molecule has 2 aromatic carbocycles. The van der Waals surface area contributed by atoms with E-state index in [0.717, 1.165) is 0 Å². The number of hydrogen-bond donors (Lipinski definition) is 1. The van der Waals surface area contributed by atoms with E-state index in [1.54, 1.807) is 19.1 Å². The Morgan fingerprint density at radius 1 is 1.17 bits per heavy atom. The number of benzene rings is 2. The lowest BCUT2D eigenvalue weighted by Gasteiger charge is -2.04. The van der Waals surface area contributed by atoms with Gasteiger partial charge in [0.05, 0.1) is 0 Å². The maximum Gasteiger partial charge on any atom is 0.387 e. The Balaban J connectivity index is 1.96. The molecule has 0 unspecified atom stereocenters. The molecular weight excluding hydrogens is 307 g/mol. The van der Waals surface area contributed by atoms with Crippen LogP contribution >= 0.6 is 0 Å². The number of rotatable bonds is 5. The van der Waals surface area contributed by atoms with Crippen LogP contribution in [0.1, 0.15) is 11.1 Å². The number of alkyl halides is 2. The van der Waals surface area contributed by atoms with Crippen molar-refractivity contribution < 1.29 is 22.7 Å². The quantitative estimate of drug-likeness (QED) is 0.830. The predicted octanol–water partition coefficient (Wildman–Crippen LogP) is 4.39. The van der Waals surface area contributed by atoms with Crippen molar-refractivity contribution in [3.8, 4) is 5.75 Å². The Morgan fingerprint density at radius 2 is 1.87 bits per heavy atom. The molecule has 0 fully saturated rings. The van der Waals surface area contributed by atoms with Crippen molar-refractivity contribution in [2.24, 2.45) is 0 Å². The van der Waals surface area contributed by atoms with Crippen LogP contribution in [0.5, 0.6) is 5.75 Å². The van der Waals surface area contributed by atoms with Gasteiger partial charge in [-0.3, -0.25) is 4.79 Å². The highest BCUT2D eigenvalue weighted by Crippen LogP contribution is 2.16. The normalized spacial score (nSPS) is 11.0. The molecule has 0 atom stereocenters. The Bertz CT molecular complexity index is 712. The van der Waals surface area contributed by atoms with E-state index in [2.05, 4.69) is 10.1 Å². The SMILES string of the molecule is Cc1ccc(NC(=O)/C=C/c2ccc(OC(F)F)cc2)cc1F. The molecule has 6 heteroatoms. The fourth-order valence-electron chi connectivity index (χ4n) is 1.79. The molecule has 0 radical (unpaired) electrons. The highest BCUT2D eigenvalue weighted by molar-refractivity contribution is 6.01. The number of carbonyl (C=O) groups is 1. The Labute approximate surface area is 131 Å². The number of halogens is 3. The fraction of sp³-hybridized carbons (Fsp3) is 0.118. The minimum absolute atomic E-state index is 0.0386. The van der Waals surface area contributed by atoms with Crippen LogP contribution in [0.2, 0.25) is 0 Å². The number of amides is 1. The third kappa shape index (κ3) is 5.18. The molecule has 2 aromatic rings. The van der Waals surface area contributed by atoms with Crippen LogP contribution in [0.25, 0.3) is 6.08 Å². The van der Waals surface area contributed by atoms with Crippen molar-refractivity contribution in [2.75, 3.05) is 5.32 Å². The van der Waals surface area contributed by atoms with Crippen molar-refractivity contribution in [2.45, 2.75) is 13.5 Å². The van der Waals surface area contributed by atoms with Crippen LogP contribution < -0.4 is 10.1 Å². The van der Waals surface area contributed by atoms with Crippen molar-refractivity contribution in [3.63, 3.8) is 0 Å². The van der Waals surface area contributed by atoms with Crippen molar-refractivity contribution in [1.82, 2.24) is 0 Å². The molecule has 2 rings (SSSR count). The zero-order chi connectivity index (χ0) is 16.8. The van der Waals surface area contributed by atoms with E-state index in [0.29, 0.717) is 16.8 Å². The lowest BCUT2D eigenvalue weighted by Crippen LogP contribution is -2.08. The van der Waals surface area contributed by atoms with Crippen LogP contribution in [0, 0.1) is 12.7 Å². The second-order valence-corrected chi connectivity index (χ2v) is 4.73. The molecular formula is C17H14F3NO2. The number of ether oxygens (including phenoxy) is 1. The van der Waals surface area contributed by atoms with Crippen LogP contribution in [0.15, 0.2) is 48.5 Å². The van der Waals surface area contributed by atoms with Gasteiger partial charge < -0.3 is 10.1 Å². The average molecular weight is 321 g/mol. The molecule has 0 aliphatic heterocycles. The molecule has 0 bridgehead atoms. The molecule has 1 N–H and O–H groups in total. The summed E-state index contributed by atoms with van der Waals surface area (Å²) in [5, 5.41) is 2.53. The van der Waals surface area contributed by atoms with Gasteiger partial charge in [-0.05, 0) is 48.4 Å². The summed E-state index contributed by atoms with van der Waals surface area (Å²) in [6, 6.07) is 10.2. The van der Waals surface area contributed by atoms with Crippen molar-refractivity contribution in [3.05, 3.63) is 65.5 Å². The summed E-state index contributed by atoms with van der Waals surface area (Å²) in [6.45, 7) is -1.25. The van der Waals surface area contributed by atoms with E-state index in [9.17, 15) is 18.0 Å². The van der Waals surface area contributed by atoms with Gasteiger partial charge >= 0.3 is 6.61 Å². The van der Waals surface area contributed by atoms with E-state index in [1.165, 1.54) is 42.5 Å². The summed E-state index contributed by atoms with van der Waals surface area (Å²) in [5.41, 5.74) is 1.48. The molecule has 0 saturated carbocycles. The van der Waals surface area contributed by atoms with E-state index >= 15 is 0 Å². The first-order valence-electron chi connectivity index (χ1n) is 6.74. The second-order valence-electron chi connectivity index (χ2n) is 4.73. The molecule has 0 spiro atoms. The largest absolute Gasteiger partial charge is 0.435 e. The predicted molar refractivity (Wildman–Crippen MR) is 81.9 cm³/mol. The smallest absolute Gasteiger partial charge is 0.387 e. The van der Waals surface area contributed by atoms with Gasteiger partial charge in [0, 0.05) is 11.8 Å². The van der Waals surface area contributed by atoms with Gasteiger partial charge in [0.15, 0.2) is 0 Å². The molecule has 120 valence electrons. The minimum Gasteiger partial charge on any atom is -0.435 e. The highest BCUT2D eigenvalue weighted by atomic mass is 19.3. The summed E-state index contributed by atoms with van der Waals surface area (Å²) in [7, 11) is 0. The van der Waals surface area contributed by atoms with Gasteiger partial charge in [-0.2, -0.15) is 8.78 Å². The number of carbonyl (C=O) groups excluding carboxylic acids is 1. The van der Waals surface area contributed by atoms with E-state index < -0.39 is 18.3 Å². The molecule has 0 aromatic heterocycles. The molecule has 23 heavy (non-hydrogen) atoms. The average Bonchev–Trinajstić information content (AvgIpc) is 2.50. The molecule has 0 saturated heterocycles. The topological polar surface area (TPSA) is 38.3 Å². The minimum atomic E-state index is -2.88. The van der Waals surface area contributed by atoms with Gasteiger partial charge in [-0.1, -0.05) is 18.2 Å². The molecule has 1 amide bonds. The number of aryl methyl sites for hydroxylation is 1. The van der Waals surface area contributed by atoms with E-state index in [-0.39, 0.29) is 5.75 Å². The third-order valence-corrected chi connectivity index (χ3v) is 2.97. The second kappa shape index (κ2) is 7.49. The maximum atomic E-state index is 13.4. The summed E-state index contributed by atoms with van der Waals surface area (Å²) >= 11 is 0. The standard InChI is InChI=1S/C17H14F3NO2/c1-11-2-6-13(10-15(11)18)21-16(22)9-5-12-3-7-14(8-4-12)23-17(19)20/h2-10,17H,1H3,(H,21,22)/b9-5+. The van der Waals surface area contributed by atoms with Gasteiger partial charge in [-0.25, -0.2) is 4.39 Å². The van der Waals surface area contributed by atoms with Gasteiger partial charge in [0.2, 0.25) is 5.91 Å². The fourth-order valence-corrected chi connectivity index (χ4v) is 1.79. The zero-order valence-corrected chi connectivity index (χ0v) is 12.2. The number of nitrogens with one attached hydrogen (secondary N) is 1. The van der Waals surface area contributed by atoms with Crippen LogP contribution in [-0.2, 0) is 4.79 Å². The van der Waals surface area contributed by atoms with Crippen LogP contribution in [0.3, 0.4) is 0 Å². The lowest BCUT2D eigenvalue weighted by atomic mass is 10.2. The third-order valence-electron chi connectivity index (χ3n) is 2.97. The van der Waals surface area contributed by atoms with E-state index in [1.807, 2.05) is 0 Å². The molecule has 0 aliphatic carbocycles. The van der Waals surface area contributed by atoms with Gasteiger partial charge in [0.25, 0.3) is 0 Å². The first kappa shape index (κ1) is 16.6. The lowest BCUT2D eigenvalue weighted by molar-refractivity contribution is -0.111. The summed E-state index contributed by atoms with van der Waals surface area (Å²) in [6.07, 6.45) is 2.77. The first-order chi connectivity index (χ1) is 10.9. The van der Waals surface area contributed by atoms with Crippen molar-refractivity contribution in [1.29, 1.82) is 0 Å². The number of anilines is 1. The Kier molecular flexibility index (Phi) is 5.41. The monoisotopic (exact) mass is 321 g/mol. The maximum absolute atomic E-state index is 13.4. The van der Waals surface area contributed by atoms with E-state index in [4.69, 9.17) is 0 Å². The Hall–Kier alpha value is -2.76. The van der Waals surface area contributed by atoms with Gasteiger partial charge in [-0.15, -0.1) is 0 Å². The number of hydrogen-bond acceptors (Lipinski definition) is 2. The molecule has 3 nitrogen and oxygen atoms in total. The van der Waals surface area contributed by atoms with Crippen LogP contribution in [-0.4, -0.2) is 12.5 Å². The summed E-state index contributed by atoms with van der Waals surface area (Å²) < 4.78 is 41.6.